The molecule has 1 aliphatic rings. The lowest BCUT2D eigenvalue weighted by Crippen LogP contribution is -2.34. The molecule has 0 bridgehead atoms. The SMILES string of the molecule is Cl.NCCCC(=O)N(CCc1ccc(Cl)cc1)CC1CC1. The molecule has 0 atom stereocenters. The summed E-state index contributed by atoms with van der Waals surface area (Å²) in [5, 5.41) is 0.752. The lowest BCUT2D eigenvalue weighted by atomic mass is 10.1. The summed E-state index contributed by atoms with van der Waals surface area (Å²) >= 11 is 5.88. The van der Waals surface area contributed by atoms with Crippen molar-refractivity contribution in [3.05, 3.63) is 34.9 Å². The summed E-state index contributed by atoms with van der Waals surface area (Å²) < 4.78 is 0. The summed E-state index contributed by atoms with van der Waals surface area (Å²) in [4.78, 5) is 14.2. The van der Waals surface area contributed by atoms with Crippen molar-refractivity contribution < 1.29 is 4.79 Å². The van der Waals surface area contributed by atoms with Crippen LogP contribution in [0.3, 0.4) is 0 Å². The third kappa shape index (κ3) is 6.68. The Morgan fingerprint density at radius 1 is 1.29 bits per heavy atom. The molecule has 1 aromatic carbocycles. The smallest absolute Gasteiger partial charge is 0.222 e. The van der Waals surface area contributed by atoms with Crippen molar-refractivity contribution in [3.8, 4) is 0 Å². The van der Waals surface area contributed by atoms with Crippen LogP contribution >= 0.6 is 24.0 Å². The van der Waals surface area contributed by atoms with Gasteiger partial charge in [0.05, 0.1) is 0 Å². The van der Waals surface area contributed by atoms with E-state index in [1.165, 1.54) is 18.4 Å². The highest BCUT2D eigenvalue weighted by atomic mass is 35.5. The van der Waals surface area contributed by atoms with Crippen LogP contribution in [0.15, 0.2) is 24.3 Å². The molecule has 0 radical (unpaired) electrons. The van der Waals surface area contributed by atoms with Crippen molar-refractivity contribution in [2.24, 2.45) is 11.7 Å². The van der Waals surface area contributed by atoms with E-state index in [0.29, 0.717) is 13.0 Å². The van der Waals surface area contributed by atoms with E-state index in [-0.39, 0.29) is 18.3 Å². The zero-order valence-electron chi connectivity index (χ0n) is 12.3. The molecule has 5 heteroatoms. The van der Waals surface area contributed by atoms with E-state index >= 15 is 0 Å². The summed E-state index contributed by atoms with van der Waals surface area (Å²) in [6.45, 7) is 2.29. The van der Waals surface area contributed by atoms with Crippen LogP contribution in [0.25, 0.3) is 0 Å². The Morgan fingerprint density at radius 2 is 1.95 bits per heavy atom. The number of nitrogens with zero attached hydrogens (tertiary/aromatic N) is 1. The minimum atomic E-state index is 0. The zero-order chi connectivity index (χ0) is 14.4. The fourth-order valence-corrected chi connectivity index (χ4v) is 2.38. The number of carbonyl (C=O) groups excluding carboxylic acids is 1. The number of amides is 1. The number of carbonyl (C=O) groups is 1. The molecule has 0 saturated heterocycles. The number of rotatable bonds is 8. The number of nitrogens with two attached hydrogens (primary N) is 1. The molecule has 1 saturated carbocycles. The Morgan fingerprint density at radius 3 is 2.52 bits per heavy atom. The van der Waals surface area contributed by atoms with E-state index in [1.54, 1.807) is 0 Å². The van der Waals surface area contributed by atoms with Gasteiger partial charge in [-0.3, -0.25) is 4.79 Å². The van der Waals surface area contributed by atoms with Gasteiger partial charge in [0.15, 0.2) is 0 Å². The molecule has 2 N–H and O–H groups in total. The third-order valence-corrected chi connectivity index (χ3v) is 3.96. The monoisotopic (exact) mass is 330 g/mol. The van der Waals surface area contributed by atoms with Gasteiger partial charge in [0.1, 0.15) is 0 Å². The van der Waals surface area contributed by atoms with Gasteiger partial charge < -0.3 is 10.6 Å². The first-order chi connectivity index (χ1) is 9.69. The van der Waals surface area contributed by atoms with E-state index in [0.717, 1.165) is 36.9 Å². The van der Waals surface area contributed by atoms with Crippen LogP contribution in [0.5, 0.6) is 0 Å². The molecule has 1 fully saturated rings. The number of hydrogen-bond acceptors (Lipinski definition) is 2. The molecule has 1 amide bonds. The van der Waals surface area contributed by atoms with Gasteiger partial charge in [0.2, 0.25) is 5.91 Å². The first-order valence-electron chi connectivity index (χ1n) is 7.41. The van der Waals surface area contributed by atoms with Gasteiger partial charge in [-0.05, 0) is 55.8 Å². The van der Waals surface area contributed by atoms with Crippen LogP contribution in [0.1, 0.15) is 31.2 Å². The number of benzene rings is 1. The zero-order valence-corrected chi connectivity index (χ0v) is 13.8. The fourth-order valence-electron chi connectivity index (χ4n) is 2.26. The maximum absolute atomic E-state index is 12.2. The molecule has 0 spiro atoms. The van der Waals surface area contributed by atoms with Crippen molar-refractivity contribution in [3.63, 3.8) is 0 Å². The molecule has 2 rings (SSSR count). The highest BCUT2D eigenvalue weighted by Crippen LogP contribution is 2.30. The minimum absolute atomic E-state index is 0. The highest BCUT2D eigenvalue weighted by Gasteiger charge is 2.26. The first-order valence-corrected chi connectivity index (χ1v) is 7.79. The number of hydrogen-bond donors (Lipinski definition) is 1. The van der Waals surface area contributed by atoms with E-state index < -0.39 is 0 Å². The summed E-state index contributed by atoms with van der Waals surface area (Å²) in [6.07, 6.45) is 4.77. The van der Waals surface area contributed by atoms with E-state index in [9.17, 15) is 4.79 Å². The van der Waals surface area contributed by atoms with Gasteiger partial charge in [-0.2, -0.15) is 0 Å². The Hall–Kier alpha value is -0.770. The molecule has 1 aromatic rings. The Balaban J connectivity index is 0.00000220. The summed E-state index contributed by atoms with van der Waals surface area (Å²) in [6, 6.07) is 7.86. The molecule has 3 nitrogen and oxygen atoms in total. The topological polar surface area (TPSA) is 46.3 Å². The normalized spacial score (nSPS) is 13.6. The molecule has 118 valence electrons. The lowest BCUT2D eigenvalue weighted by Gasteiger charge is -2.23. The average Bonchev–Trinajstić information content (AvgIpc) is 3.26. The van der Waals surface area contributed by atoms with E-state index in [1.807, 2.05) is 29.2 Å². The predicted molar refractivity (Wildman–Crippen MR) is 90.0 cm³/mol. The van der Waals surface area contributed by atoms with Gasteiger partial charge in [0, 0.05) is 24.5 Å². The van der Waals surface area contributed by atoms with E-state index in [2.05, 4.69) is 0 Å². The molecule has 0 unspecified atom stereocenters. The van der Waals surface area contributed by atoms with Crippen molar-refractivity contribution in [2.45, 2.75) is 32.1 Å². The summed E-state index contributed by atoms with van der Waals surface area (Å²) in [7, 11) is 0. The van der Waals surface area contributed by atoms with Crippen LogP contribution in [0.2, 0.25) is 5.02 Å². The van der Waals surface area contributed by atoms with Crippen LogP contribution in [-0.4, -0.2) is 30.4 Å². The second-order valence-electron chi connectivity index (χ2n) is 5.55. The van der Waals surface area contributed by atoms with Gasteiger partial charge in [-0.1, -0.05) is 23.7 Å². The van der Waals surface area contributed by atoms with Gasteiger partial charge in [0.25, 0.3) is 0 Å². The van der Waals surface area contributed by atoms with Gasteiger partial charge in [-0.25, -0.2) is 0 Å². The molecular weight excluding hydrogens is 307 g/mol. The molecular formula is C16H24Cl2N2O. The maximum Gasteiger partial charge on any atom is 0.222 e. The molecule has 21 heavy (non-hydrogen) atoms. The van der Waals surface area contributed by atoms with Crippen molar-refractivity contribution >= 4 is 29.9 Å². The standard InChI is InChI=1S/C16H23ClN2O.ClH/c17-15-7-5-13(6-8-15)9-11-19(12-14-3-4-14)16(20)2-1-10-18;/h5-8,14H,1-4,9-12,18H2;1H. The van der Waals surface area contributed by atoms with Crippen LogP contribution < -0.4 is 5.73 Å². The molecule has 0 aromatic heterocycles. The van der Waals surface area contributed by atoms with Crippen molar-refractivity contribution in [1.82, 2.24) is 4.90 Å². The van der Waals surface area contributed by atoms with Crippen LogP contribution in [0.4, 0.5) is 0 Å². The molecule has 0 heterocycles. The first kappa shape index (κ1) is 18.3. The fraction of sp³-hybridized carbons (Fsp3) is 0.562. The average molecular weight is 331 g/mol. The quantitative estimate of drug-likeness (QED) is 0.795. The highest BCUT2D eigenvalue weighted by molar-refractivity contribution is 6.30. The predicted octanol–water partition coefficient (Wildman–Crippen LogP) is 3.28. The second-order valence-corrected chi connectivity index (χ2v) is 5.99. The van der Waals surface area contributed by atoms with Gasteiger partial charge >= 0.3 is 0 Å². The van der Waals surface area contributed by atoms with Crippen molar-refractivity contribution in [2.75, 3.05) is 19.6 Å². The Bertz CT molecular complexity index is 432. The molecule has 0 aliphatic heterocycles. The third-order valence-electron chi connectivity index (χ3n) is 3.71. The number of halogens is 2. The van der Waals surface area contributed by atoms with Crippen LogP contribution in [0, 0.1) is 5.92 Å². The second kappa shape index (κ2) is 9.29. The van der Waals surface area contributed by atoms with Crippen LogP contribution in [-0.2, 0) is 11.2 Å². The summed E-state index contributed by atoms with van der Waals surface area (Å²) in [5.74, 6) is 0.971. The Labute approximate surface area is 138 Å². The van der Waals surface area contributed by atoms with Crippen molar-refractivity contribution in [1.29, 1.82) is 0 Å². The maximum atomic E-state index is 12.2. The largest absolute Gasteiger partial charge is 0.342 e. The minimum Gasteiger partial charge on any atom is -0.342 e. The summed E-state index contributed by atoms with van der Waals surface area (Å²) in [5.41, 5.74) is 6.71. The lowest BCUT2D eigenvalue weighted by molar-refractivity contribution is -0.131. The van der Waals surface area contributed by atoms with E-state index in [4.69, 9.17) is 17.3 Å². The molecule has 1 aliphatic carbocycles. The van der Waals surface area contributed by atoms with Gasteiger partial charge in [-0.15, -0.1) is 12.4 Å². The Kier molecular flexibility index (Phi) is 8.09.